The number of methoxy groups -OCH3 is 1. The van der Waals surface area contributed by atoms with Gasteiger partial charge in [0, 0.05) is 6.07 Å². The molecular weight excluding hydrogens is 242 g/mol. The third-order valence-corrected chi connectivity index (χ3v) is 2.59. The highest BCUT2D eigenvalue weighted by Gasteiger charge is 2.08. The van der Waals surface area contributed by atoms with Gasteiger partial charge in [-0.3, -0.25) is 0 Å². The van der Waals surface area contributed by atoms with Crippen LogP contribution in [0, 0.1) is 0 Å². The van der Waals surface area contributed by atoms with Gasteiger partial charge in [0.05, 0.1) is 19.4 Å². The monoisotopic (exact) mass is 259 g/mol. The first-order valence-corrected chi connectivity index (χ1v) is 6.07. The number of nitrogen functional groups attached to an aromatic ring is 1. The van der Waals surface area contributed by atoms with E-state index in [0.29, 0.717) is 35.3 Å². The summed E-state index contributed by atoms with van der Waals surface area (Å²) in [6.45, 7) is 2.50. The molecule has 0 saturated heterocycles. The summed E-state index contributed by atoms with van der Waals surface area (Å²) < 4.78 is 16.5. The molecule has 0 saturated carbocycles. The van der Waals surface area contributed by atoms with Crippen molar-refractivity contribution in [3.8, 4) is 23.0 Å². The van der Waals surface area contributed by atoms with E-state index in [2.05, 4.69) is 0 Å². The van der Waals surface area contributed by atoms with Gasteiger partial charge in [-0.25, -0.2) is 0 Å². The Morgan fingerprint density at radius 3 is 2.42 bits per heavy atom. The Morgan fingerprint density at radius 2 is 1.74 bits per heavy atom. The van der Waals surface area contributed by atoms with Crippen molar-refractivity contribution >= 4 is 5.69 Å². The lowest BCUT2D eigenvalue weighted by molar-refractivity contribution is 0.321. The topological polar surface area (TPSA) is 53.7 Å². The molecule has 4 nitrogen and oxygen atoms in total. The summed E-state index contributed by atoms with van der Waals surface area (Å²) in [5.74, 6) is 2.56. The van der Waals surface area contributed by atoms with Gasteiger partial charge >= 0.3 is 0 Å². The number of ether oxygens (including phenoxy) is 3. The molecule has 100 valence electrons. The van der Waals surface area contributed by atoms with Crippen LogP contribution >= 0.6 is 0 Å². The molecule has 0 unspecified atom stereocenters. The zero-order valence-corrected chi connectivity index (χ0v) is 11.1. The predicted octanol–water partition coefficient (Wildman–Crippen LogP) is 3.47. The van der Waals surface area contributed by atoms with Crippen molar-refractivity contribution in [2.45, 2.75) is 6.92 Å². The second kappa shape index (κ2) is 6.00. The fourth-order valence-electron chi connectivity index (χ4n) is 1.66. The summed E-state index contributed by atoms with van der Waals surface area (Å²) in [6, 6.07) is 12.8. The third-order valence-electron chi connectivity index (χ3n) is 2.59. The minimum Gasteiger partial charge on any atom is -0.497 e. The fourth-order valence-corrected chi connectivity index (χ4v) is 1.66. The lowest BCUT2D eigenvalue weighted by Crippen LogP contribution is -1.97. The molecule has 2 rings (SSSR count). The van der Waals surface area contributed by atoms with Crippen LogP contribution in [0.4, 0.5) is 5.69 Å². The number of anilines is 1. The van der Waals surface area contributed by atoms with Crippen molar-refractivity contribution in [1.82, 2.24) is 0 Å². The van der Waals surface area contributed by atoms with Crippen LogP contribution in [0.5, 0.6) is 23.0 Å². The van der Waals surface area contributed by atoms with Crippen molar-refractivity contribution in [2.75, 3.05) is 19.5 Å². The maximum atomic E-state index is 5.89. The van der Waals surface area contributed by atoms with Crippen molar-refractivity contribution in [3.63, 3.8) is 0 Å². The summed E-state index contributed by atoms with van der Waals surface area (Å²) in [6.07, 6.45) is 0. The van der Waals surface area contributed by atoms with Gasteiger partial charge in [0.2, 0.25) is 0 Å². The number of para-hydroxylation sites is 2. The fraction of sp³-hybridized carbons (Fsp3) is 0.200. The summed E-state index contributed by atoms with van der Waals surface area (Å²) in [5, 5.41) is 0. The van der Waals surface area contributed by atoms with Crippen molar-refractivity contribution < 1.29 is 14.2 Å². The summed E-state index contributed by atoms with van der Waals surface area (Å²) in [5.41, 5.74) is 6.44. The standard InChI is InChI=1S/C15H17NO3/c1-3-18-13-6-4-5-7-14(13)19-15-10-11(17-2)8-9-12(15)16/h4-10H,3,16H2,1-2H3. The Balaban J connectivity index is 2.30. The van der Waals surface area contributed by atoms with Crippen LogP contribution in [0.15, 0.2) is 42.5 Å². The minimum absolute atomic E-state index is 0.548. The molecule has 0 atom stereocenters. The molecule has 4 heteroatoms. The normalized spacial score (nSPS) is 10.0. The van der Waals surface area contributed by atoms with Crippen LogP contribution in [-0.2, 0) is 0 Å². The summed E-state index contributed by atoms with van der Waals surface area (Å²) in [7, 11) is 1.60. The molecule has 19 heavy (non-hydrogen) atoms. The second-order valence-electron chi connectivity index (χ2n) is 3.89. The third kappa shape index (κ3) is 3.10. The van der Waals surface area contributed by atoms with Gasteiger partial charge in [-0.15, -0.1) is 0 Å². The Hall–Kier alpha value is -2.36. The average Bonchev–Trinajstić information content (AvgIpc) is 2.43. The minimum atomic E-state index is 0.548. The quantitative estimate of drug-likeness (QED) is 0.835. The first kappa shape index (κ1) is 13.1. The van der Waals surface area contributed by atoms with E-state index in [1.165, 1.54) is 0 Å². The lowest BCUT2D eigenvalue weighted by atomic mass is 10.2. The van der Waals surface area contributed by atoms with Gasteiger partial charge in [0.25, 0.3) is 0 Å². The van der Waals surface area contributed by atoms with Crippen LogP contribution in [0.2, 0.25) is 0 Å². The summed E-state index contributed by atoms with van der Waals surface area (Å²) >= 11 is 0. The number of nitrogens with two attached hydrogens (primary N) is 1. The molecule has 0 heterocycles. The molecule has 0 aliphatic heterocycles. The average molecular weight is 259 g/mol. The van der Waals surface area contributed by atoms with Crippen molar-refractivity contribution in [2.24, 2.45) is 0 Å². The highest BCUT2D eigenvalue weighted by atomic mass is 16.5. The zero-order valence-electron chi connectivity index (χ0n) is 11.1. The SMILES string of the molecule is CCOc1ccccc1Oc1cc(OC)ccc1N. The van der Waals surface area contributed by atoms with Gasteiger partial charge < -0.3 is 19.9 Å². The largest absolute Gasteiger partial charge is 0.497 e. The molecule has 0 fully saturated rings. The molecule has 0 spiro atoms. The number of hydrogen-bond acceptors (Lipinski definition) is 4. The Kier molecular flexibility index (Phi) is 4.13. The Morgan fingerprint density at radius 1 is 1.00 bits per heavy atom. The van der Waals surface area contributed by atoms with Gasteiger partial charge in [-0.05, 0) is 31.2 Å². The van der Waals surface area contributed by atoms with Crippen molar-refractivity contribution in [3.05, 3.63) is 42.5 Å². The predicted molar refractivity (Wildman–Crippen MR) is 75.1 cm³/mol. The maximum Gasteiger partial charge on any atom is 0.169 e. The molecule has 2 aromatic rings. The lowest BCUT2D eigenvalue weighted by Gasteiger charge is -2.13. The van der Waals surface area contributed by atoms with E-state index in [4.69, 9.17) is 19.9 Å². The number of benzene rings is 2. The molecule has 0 aliphatic rings. The number of rotatable bonds is 5. The van der Waals surface area contributed by atoms with Crippen LogP contribution in [0.25, 0.3) is 0 Å². The van der Waals surface area contributed by atoms with Gasteiger partial charge in [-0.1, -0.05) is 12.1 Å². The molecule has 0 radical (unpaired) electrons. The van der Waals surface area contributed by atoms with Crippen molar-refractivity contribution in [1.29, 1.82) is 0 Å². The highest BCUT2D eigenvalue weighted by Crippen LogP contribution is 2.35. The van der Waals surface area contributed by atoms with Crippen LogP contribution in [0.1, 0.15) is 6.92 Å². The zero-order chi connectivity index (χ0) is 13.7. The van der Waals surface area contributed by atoms with E-state index in [-0.39, 0.29) is 0 Å². The Bertz CT molecular complexity index is 555. The van der Waals surface area contributed by atoms with E-state index in [1.54, 1.807) is 25.3 Å². The van der Waals surface area contributed by atoms with Crippen LogP contribution < -0.4 is 19.9 Å². The summed E-state index contributed by atoms with van der Waals surface area (Å²) in [4.78, 5) is 0. The second-order valence-corrected chi connectivity index (χ2v) is 3.89. The molecule has 0 aromatic heterocycles. The molecule has 0 amide bonds. The van der Waals surface area contributed by atoms with E-state index >= 15 is 0 Å². The molecular formula is C15H17NO3. The molecule has 2 aromatic carbocycles. The van der Waals surface area contributed by atoms with E-state index < -0.39 is 0 Å². The maximum absolute atomic E-state index is 5.89. The Labute approximate surface area is 112 Å². The molecule has 0 aliphatic carbocycles. The van der Waals surface area contributed by atoms with E-state index in [0.717, 1.165) is 0 Å². The molecule has 0 bridgehead atoms. The first-order valence-electron chi connectivity index (χ1n) is 6.07. The van der Waals surface area contributed by atoms with Gasteiger partial charge in [0.15, 0.2) is 17.2 Å². The van der Waals surface area contributed by atoms with Crippen LogP contribution in [-0.4, -0.2) is 13.7 Å². The highest BCUT2D eigenvalue weighted by molar-refractivity contribution is 5.58. The van der Waals surface area contributed by atoms with Gasteiger partial charge in [0.1, 0.15) is 5.75 Å². The number of hydrogen-bond donors (Lipinski definition) is 1. The van der Waals surface area contributed by atoms with Gasteiger partial charge in [-0.2, -0.15) is 0 Å². The van der Waals surface area contributed by atoms with Crippen LogP contribution in [0.3, 0.4) is 0 Å². The van der Waals surface area contributed by atoms with E-state index in [1.807, 2.05) is 31.2 Å². The van der Waals surface area contributed by atoms with E-state index in [9.17, 15) is 0 Å². The first-order chi connectivity index (χ1) is 9.24. The smallest absolute Gasteiger partial charge is 0.169 e. The molecule has 2 N–H and O–H groups in total.